The van der Waals surface area contributed by atoms with E-state index < -0.39 is 188 Å². The maximum atomic E-state index is 14.4. The van der Waals surface area contributed by atoms with Crippen molar-refractivity contribution in [3.8, 4) is 22.3 Å². The number of carboxylic acids is 2. The minimum absolute atomic E-state index is 0.0319. The van der Waals surface area contributed by atoms with Crippen LogP contribution in [0, 0.1) is 5.82 Å². The summed E-state index contributed by atoms with van der Waals surface area (Å²) in [7, 11) is 0. The maximum Gasteiger partial charge on any atom is 0.305 e. The molecule has 1 aromatic heterocycles. The predicted molar refractivity (Wildman–Crippen MR) is 366 cm³/mol. The number of amides is 11. The molecule has 0 saturated carbocycles. The molecule has 20 N–H and O–H groups in total. The second-order valence-corrected chi connectivity index (χ2v) is 24.2. The van der Waals surface area contributed by atoms with Gasteiger partial charge < -0.3 is 95.2 Å². The number of rotatable bonds is 39. The van der Waals surface area contributed by atoms with Gasteiger partial charge in [-0.25, -0.2) is 9.37 Å². The highest BCUT2D eigenvalue weighted by atomic mass is 19.1. The molecule has 6 aromatic rings. The molecule has 0 radical (unpaired) electrons. The van der Waals surface area contributed by atoms with Gasteiger partial charge in [-0.05, 0) is 78.3 Å². The van der Waals surface area contributed by atoms with Crippen LogP contribution in [-0.4, -0.2) is 198 Å². The van der Waals surface area contributed by atoms with Crippen LogP contribution in [-0.2, 0) is 88.0 Å². The van der Waals surface area contributed by atoms with E-state index in [1.54, 1.807) is 91.0 Å². The molecule has 0 bridgehead atoms. The number of carboxylic acid groups (broad SMARTS) is 2. The third-order valence-corrected chi connectivity index (χ3v) is 16.0. The molecular weight excluding hydrogens is 1340 g/mol. The Bertz CT molecular complexity index is 3910. The van der Waals surface area contributed by atoms with E-state index in [0.717, 1.165) is 25.0 Å². The number of aromatic nitrogens is 2. The predicted octanol–water partition coefficient (Wildman–Crippen LogP) is -2.44. The molecule has 103 heavy (non-hydrogen) atoms. The van der Waals surface area contributed by atoms with Crippen molar-refractivity contribution >= 4 is 76.9 Å². The average molecular weight is 1430 g/mol. The molecule has 0 spiro atoms. The number of H-pyrrole nitrogens is 1. The second kappa shape index (κ2) is 39.3. The molecule has 6 rings (SSSR count). The molecule has 11 amide bonds. The molecule has 0 aliphatic carbocycles. The van der Waals surface area contributed by atoms with Crippen LogP contribution >= 0.6 is 0 Å². The van der Waals surface area contributed by atoms with E-state index in [1.807, 2.05) is 30.3 Å². The molecule has 0 unspecified atom stereocenters. The molecular formula is C70H83FN14O18. The monoisotopic (exact) mass is 1430 g/mol. The zero-order valence-electron chi connectivity index (χ0n) is 56.2. The average Bonchev–Trinajstić information content (AvgIpc) is 1.38. The summed E-state index contributed by atoms with van der Waals surface area (Å²) in [4.78, 5) is 181. The standard InChI is InChI=1S/C70H83FN14O18/c1-37(77-63(96)49(72)31-48-33-74-36-76-48)62(95)78-50(26-27-57(90)91)64(97)75-34-56(89)84-59(38(2)87)69(102)82-53(29-40-10-6-4-7-11-40)67(100)85-60(39(3)88)70(103)83-55(35-86)68(101)81-54(32-58(92)93)66(99)80-52(30-42-16-18-44(19-17-42)43-12-8-5-9-13-43)65(98)79-51(61(73)94)28-41-14-20-45(21-15-41)46-22-24-47(71)25-23-46/h4-25,33,36-39,49-55,59-60,86-88H,26-32,34-35,72H2,1-3H3,(H2,73,94)(H,74,76)(H,75,97)(H,77,96)(H,78,95)(H,79,98)(H,80,99)(H,81,101)(H,82,102)(H,83,103)(H,84,89)(H,85,100)(H,90,91)(H,92,93)/t37-,38+,39+,49-,50-,51-,52-,53-,54-,55-,59-,60-/m0/s1. The Morgan fingerprint density at radius 1 is 0.466 bits per heavy atom. The van der Waals surface area contributed by atoms with E-state index in [2.05, 4.69) is 63.1 Å². The van der Waals surface area contributed by atoms with Crippen molar-refractivity contribution in [3.63, 3.8) is 0 Å². The van der Waals surface area contributed by atoms with Crippen molar-refractivity contribution < 1.29 is 92.3 Å². The summed E-state index contributed by atoms with van der Waals surface area (Å²) in [6.07, 6.45) is -3.76. The first kappa shape index (κ1) is 80.2. The molecule has 0 aliphatic heterocycles. The van der Waals surface area contributed by atoms with Gasteiger partial charge in [-0.2, -0.15) is 0 Å². The number of nitrogens with two attached hydrogens (primary N) is 2. The van der Waals surface area contributed by atoms with E-state index in [0.29, 0.717) is 33.5 Å². The third-order valence-electron chi connectivity index (χ3n) is 16.0. The number of nitrogens with zero attached hydrogens (tertiary/aromatic N) is 1. The fourth-order valence-corrected chi connectivity index (χ4v) is 10.3. The van der Waals surface area contributed by atoms with Crippen molar-refractivity contribution in [1.29, 1.82) is 0 Å². The van der Waals surface area contributed by atoms with Crippen LogP contribution in [0.5, 0.6) is 0 Å². The zero-order chi connectivity index (χ0) is 75.4. The van der Waals surface area contributed by atoms with Crippen molar-refractivity contribution in [1.82, 2.24) is 63.1 Å². The Morgan fingerprint density at radius 2 is 0.903 bits per heavy atom. The highest BCUT2D eigenvalue weighted by molar-refractivity contribution is 6.00. The van der Waals surface area contributed by atoms with E-state index in [-0.39, 0.29) is 25.7 Å². The number of hydrogen-bond acceptors (Lipinski definition) is 18. The van der Waals surface area contributed by atoms with Crippen molar-refractivity contribution in [2.45, 2.75) is 138 Å². The summed E-state index contributed by atoms with van der Waals surface area (Å²) in [6, 6.07) is 19.7. The summed E-state index contributed by atoms with van der Waals surface area (Å²) in [6.45, 7) is 1.22. The van der Waals surface area contributed by atoms with Crippen LogP contribution in [0.4, 0.5) is 4.39 Å². The number of aromatic amines is 1. The molecule has 548 valence electrons. The van der Waals surface area contributed by atoms with Gasteiger partial charge in [-0.15, -0.1) is 0 Å². The Labute approximate surface area is 589 Å². The number of imidazole rings is 1. The zero-order valence-corrected chi connectivity index (χ0v) is 56.2. The number of primary amides is 1. The molecule has 0 fully saturated rings. The Kier molecular flexibility index (Phi) is 30.6. The van der Waals surface area contributed by atoms with Crippen molar-refractivity contribution in [2.24, 2.45) is 11.5 Å². The number of nitrogens with one attached hydrogen (secondary N) is 11. The molecule has 1 heterocycles. The van der Waals surface area contributed by atoms with Crippen LogP contribution in [0.25, 0.3) is 22.3 Å². The van der Waals surface area contributed by atoms with E-state index in [9.17, 15) is 92.3 Å². The topological polar surface area (TPSA) is 524 Å². The summed E-state index contributed by atoms with van der Waals surface area (Å²) in [5.74, 6) is -15.6. The SMILES string of the molecule is C[C@H](NC(=O)[C@@H](N)Cc1cnc[nH]1)C(=O)N[C@@H](CCC(=O)O)C(=O)NCC(=O)N[C@H](C(=O)N[C@@H](Cc1ccccc1)C(=O)N[C@H](C(=O)N[C@@H](CO)C(=O)N[C@@H](CC(=O)O)C(=O)N[C@@H](Cc1ccc(-c2ccccc2)cc1)C(=O)N[C@@H](Cc1ccc(-c2ccc(F)cc2)cc1)C(N)=O)[C@@H](C)O)[C@@H](C)O. The first-order valence-electron chi connectivity index (χ1n) is 32.4. The highest BCUT2D eigenvalue weighted by Crippen LogP contribution is 2.23. The number of halogens is 1. The van der Waals surface area contributed by atoms with Crippen molar-refractivity contribution in [3.05, 3.63) is 174 Å². The number of hydrogen-bond donors (Lipinski definition) is 18. The highest BCUT2D eigenvalue weighted by Gasteiger charge is 2.37. The lowest BCUT2D eigenvalue weighted by molar-refractivity contribution is -0.142. The van der Waals surface area contributed by atoms with E-state index >= 15 is 0 Å². The van der Waals surface area contributed by atoms with Crippen LogP contribution in [0.15, 0.2) is 146 Å². The number of aliphatic hydroxyl groups excluding tert-OH is 3. The normalized spacial score (nSPS) is 14.5. The van der Waals surface area contributed by atoms with Crippen LogP contribution < -0.4 is 64.6 Å². The van der Waals surface area contributed by atoms with Crippen molar-refractivity contribution in [2.75, 3.05) is 13.2 Å². The Morgan fingerprint density at radius 3 is 1.41 bits per heavy atom. The van der Waals surface area contributed by atoms with Gasteiger partial charge in [0.25, 0.3) is 0 Å². The van der Waals surface area contributed by atoms with E-state index in [4.69, 9.17) is 11.5 Å². The van der Waals surface area contributed by atoms with Crippen LogP contribution in [0.3, 0.4) is 0 Å². The molecule has 32 nitrogen and oxygen atoms in total. The van der Waals surface area contributed by atoms with Crippen LogP contribution in [0.1, 0.15) is 62.4 Å². The third kappa shape index (κ3) is 25.7. The molecule has 5 aromatic carbocycles. The fraction of sp³-hybridized carbons (Fsp3) is 0.343. The largest absolute Gasteiger partial charge is 0.481 e. The number of benzene rings is 5. The number of aliphatic hydroxyl groups is 3. The van der Waals surface area contributed by atoms with Gasteiger partial charge in [0.2, 0.25) is 65.0 Å². The second-order valence-electron chi connectivity index (χ2n) is 24.2. The quantitative estimate of drug-likeness (QED) is 0.0191. The molecule has 0 aliphatic rings. The van der Waals surface area contributed by atoms with Gasteiger partial charge >= 0.3 is 11.9 Å². The van der Waals surface area contributed by atoms with Gasteiger partial charge in [-0.1, -0.05) is 121 Å². The molecule has 12 atom stereocenters. The summed E-state index contributed by atoms with van der Waals surface area (Å²) in [5, 5.41) is 74.7. The number of carbonyl (C=O) groups excluding carboxylic acids is 11. The molecule has 33 heteroatoms. The Balaban J connectivity index is 1.12. The fourth-order valence-electron chi connectivity index (χ4n) is 10.3. The van der Waals surface area contributed by atoms with Gasteiger partial charge in [0.05, 0.1) is 44.1 Å². The first-order chi connectivity index (χ1) is 49.0. The van der Waals surface area contributed by atoms with Gasteiger partial charge in [0.15, 0.2) is 0 Å². The van der Waals surface area contributed by atoms with Gasteiger partial charge in [0, 0.05) is 44.0 Å². The van der Waals surface area contributed by atoms with Gasteiger partial charge in [0.1, 0.15) is 60.2 Å². The van der Waals surface area contributed by atoms with E-state index in [1.165, 1.54) is 31.6 Å². The number of carbonyl (C=O) groups is 13. The summed E-state index contributed by atoms with van der Waals surface area (Å²) >= 11 is 0. The smallest absolute Gasteiger partial charge is 0.305 e. The summed E-state index contributed by atoms with van der Waals surface area (Å²) < 4.78 is 13.6. The lowest BCUT2D eigenvalue weighted by atomic mass is 9.98. The van der Waals surface area contributed by atoms with Crippen LogP contribution in [0.2, 0.25) is 0 Å². The first-order valence-corrected chi connectivity index (χ1v) is 32.4. The van der Waals surface area contributed by atoms with Gasteiger partial charge in [-0.3, -0.25) is 62.3 Å². The lowest BCUT2D eigenvalue weighted by Crippen LogP contribution is -2.63. The number of aliphatic carboxylic acids is 2. The minimum Gasteiger partial charge on any atom is -0.481 e. The Hall–Kier alpha value is -11.8. The lowest BCUT2D eigenvalue weighted by Gasteiger charge is -2.28. The molecule has 0 saturated heterocycles. The summed E-state index contributed by atoms with van der Waals surface area (Å²) in [5.41, 5.74) is 16.7. The maximum absolute atomic E-state index is 14.4. The minimum atomic E-state index is -2.06.